The van der Waals surface area contributed by atoms with Gasteiger partial charge in [0.2, 0.25) is 0 Å². The molecule has 0 saturated carbocycles. The summed E-state index contributed by atoms with van der Waals surface area (Å²) in [4.78, 5) is 2.06. The van der Waals surface area contributed by atoms with Crippen LogP contribution in [0.15, 0.2) is 30.7 Å². The molecular weight excluding hydrogens is 305 g/mol. The normalized spacial score (nSPS) is 22.3. The summed E-state index contributed by atoms with van der Waals surface area (Å²) in [6, 6.07) is 4.24. The Morgan fingerprint density at radius 1 is 1.17 bits per heavy atom. The van der Waals surface area contributed by atoms with E-state index < -0.39 is 6.17 Å². The Hall–Kier alpha value is -2.21. The maximum atomic E-state index is 14.6. The second-order valence-electron chi connectivity index (χ2n) is 6.87. The molecule has 1 saturated heterocycles. The van der Waals surface area contributed by atoms with Gasteiger partial charge < -0.3 is 4.90 Å². The Labute approximate surface area is 140 Å². The van der Waals surface area contributed by atoms with Gasteiger partial charge in [-0.05, 0) is 50.2 Å². The largest absolute Gasteiger partial charge is 0.303 e. The van der Waals surface area contributed by atoms with Gasteiger partial charge >= 0.3 is 0 Å². The molecule has 0 bridgehead atoms. The molecule has 6 heteroatoms. The molecule has 2 aromatic heterocycles. The number of likely N-dealkylation sites (tertiary alicyclic amines) is 1. The molecule has 1 fully saturated rings. The standard InChI is InChI=1S/C18H22FN5/c1-12-6-13-8-21-24(14-9-20-23(3)10-14)18(13)7-16(12)15-4-5-22(2)11-17(15)19/h6-10,15,17H,4-5,11H2,1-3H3/t15-,17+/m1/s1. The van der Waals surface area contributed by atoms with Gasteiger partial charge in [-0.3, -0.25) is 4.68 Å². The number of hydrogen-bond acceptors (Lipinski definition) is 3. The Morgan fingerprint density at radius 2 is 2.00 bits per heavy atom. The fourth-order valence-electron chi connectivity index (χ4n) is 3.73. The molecule has 0 radical (unpaired) electrons. The minimum absolute atomic E-state index is 0.0390. The zero-order valence-corrected chi connectivity index (χ0v) is 14.3. The topological polar surface area (TPSA) is 38.9 Å². The molecule has 1 aliphatic rings. The second-order valence-corrected chi connectivity index (χ2v) is 6.87. The van der Waals surface area contributed by atoms with Crippen LogP contribution in [0, 0.1) is 6.92 Å². The van der Waals surface area contributed by atoms with Crippen molar-refractivity contribution in [3.63, 3.8) is 0 Å². The maximum absolute atomic E-state index is 14.6. The highest BCUT2D eigenvalue weighted by Gasteiger charge is 2.30. The quantitative estimate of drug-likeness (QED) is 0.726. The zero-order chi connectivity index (χ0) is 16.8. The van der Waals surface area contributed by atoms with Gasteiger partial charge in [0.05, 0.1) is 24.1 Å². The van der Waals surface area contributed by atoms with Crippen molar-refractivity contribution in [3.05, 3.63) is 41.9 Å². The Morgan fingerprint density at radius 3 is 2.71 bits per heavy atom. The molecule has 0 amide bonds. The van der Waals surface area contributed by atoms with Crippen molar-refractivity contribution < 1.29 is 4.39 Å². The third-order valence-corrected chi connectivity index (χ3v) is 5.04. The second kappa shape index (κ2) is 5.70. The zero-order valence-electron chi connectivity index (χ0n) is 14.3. The first-order chi connectivity index (χ1) is 11.5. The Kier molecular flexibility index (Phi) is 3.64. The number of aromatic nitrogens is 4. The van der Waals surface area contributed by atoms with E-state index in [0.717, 1.165) is 40.7 Å². The lowest BCUT2D eigenvalue weighted by Gasteiger charge is -2.33. The van der Waals surface area contributed by atoms with Gasteiger partial charge in [0.15, 0.2) is 0 Å². The number of piperidine rings is 1. The molecule has 0 unspecified atom stereocenters. The molecule has 4 rings (SSSR count). The monoisotopic (exact) mass is 327 g/mol. The molecule has 1 aromatic carbocycles. The average Bonchev–Trinajstić information content (AvgIpc) is 3.12. The van der Waals surface area contributed by atoms with E-state index in [-0.39, 0.29) is 5.92 Å². The summed E-state index contributed by atoms with van der Waals surface area (Å²) in [5.74, 6) is -0.0390. The van der Waals surface area contributed by atoms with Crippen LogP contribution >= 0.6 is 0 Å². The first-order valence-electron chi connectivity index (χ1n) is 8.33. The summed E-state index contributed by atoms with van der Waals surface area (Å²) < 4.78 is 18.3. The molecule has 3 aromatic rings. The van der Waals surface area contributed by atoms with Crippen molar-refractivity contribution in [3.8, 4) is 5.69 Å². The lowest BCUT2D eigenvalue weighted by atomic mass is 9.85. The van der Waals surface area contributed by atoms with Gasteiger partial charge in [0.1, 0.15) is 11.9 Å². The molecule has 5 nitrogen and oxygen atoms in total. The number of aryl methyl sites for hydroxylation is 2. The number of fused-ring (bicyclic) bond motifs is 1. The van der Waals surface area contributed by atoms with E-state index >= 15 is 0 Å². The van der Waals surface area contributed by atoms with Crippen molar-refractivity contribution in [2.24, 2.45) is 7.05 Å². The van der Waals surface area contributed by atoms with Crippen LogP contribution in [-0.4, -0.2) is 50.8 Å². The maximum Gasteiger partial charge on any atom is 0.120 e. The van der Waals surface area contributed by atoms with E-state index in [1.807, 2.05) is 31.2 Å². The van der Waals surface area contributed by atoms with E-state index in [1.165, 1.54) is 0 Å². The van der Waals surface area contributed by atoms with Crippen molar-refractivity contribution in [1.29, 1.82) is 0 Å². The molecular formula is C18H22FN5. The summed E-state index contributed by atoms with van der Waals surface area (Å²) in [6.07, 6.45) is 5.61. The van der Waals surface area contributed by atoms with E-state index in [0.29, 0.717) is 6.54 Å². The third-order valence-electron chi connectivity index (χ3n) is 5.04. The highest BCUT2D eigenvalue weighted by molar-refractivity contribution is 5.82. The van der Waals surface area contributed by atoms with Crippen LogP contribution in [-0.2, 0) is 7.05 Å². The lowest BCUT2D eigenvalue weighted by molar-refractivity contribution is 0.139. The molecule has 3 heterocycles. The van der Waals surface area contributed by atoms with E-state index in [9.17, 15) is 4.39 Å². The fraction of sp³-hybridized carbons (Fsp3) is 0.444. The van der Waals surface area contributed by atoms with Crippen molar-refractivity contribution in [1.82, 2.24) is 24.5 Å². The van der Waals surface area contributed by atoms with Crippen LogP contribution in [0.2, 0.25) is 0 Å². The minimum Gasteiger partial charge on any atom is -0.303 e. The fourth-order valence-corrected chi connectivity index (χ4v) is 3.73. The van der Waals surface area contributed by atoms with Crippen molar-refractivity contribution >= 4 is 10.9 Å². The summed E-state index contributed by atoms with van der Waals surface area (Å²) in [5, 5.41) is 9.79. The molecule has 126 valence electrons. The first-order valence-corrected chi connectivity index (χ1v) is 8.33. The first kappa shape index (κ1) is 15.3. The molecule has 2 atom stereocenters. The van der Waals surface area contributed by atoms with E-state index in [2.05, 4.69) is 34.2 Å². The molecule has 0 spiro atoms. The third kappa shape index (κ3) is 2.51. The molecule has 24 heavy (non-hydrogen) atoms. The molecule has 0 aliphatic carbocycles. The summed E-state index contributed by atoms with van der Waals surface area (Å²) >= 11 is 0. The van der Waals surface area contributed by atoms with Crippen LogP contribution in [0.25, 0.3) is 16.6 Å². The van der Waals surface area contributed by atoms with Gasteiger partial charge in [0.25, 0.3) is 0 Å². The van der Waals surface area contributed by atoms with Gasteiger partial charge in [0, 0.05) is 24.9 Å². The number of hydrogen-bond donors (Lipinski definition) is 0. The average molecular weight is 327 g/mol. The van der Waals surface area contributed by atoms with Crippen LogP contribution in [0.1, 0.15) is 23.5 Å². The number of halogens is 1. The van der Waals surface area contributed by atoms with Crippen LogP contribution in [0.5, 0.6) is 0 Å². The van der Waals surface area contributed by atoms with E-state index in [1.54, 1.807) is 10.9 Å². The SMILES string of the molecule is Cc1cc2cnn(-c3cnn(C)c3)c2cc1[C@H]1CCN(C)C[C@@H]1F. The molecule has 1 aliphatic heterocycles. The van der Waals surface area contributed by atoms with Gasteiger partial charge in [-0.15, -0.1) is 0 Å². The van der Waals surface area contributed by atoms with Gasteiger partial charge in [-0.2, -0.15) is 10.2 Å². The number of alkyl halides is 1. The minimum atomic E-state index is -0.824. The predicted molar refractivity (Wildman–Crippen MR) is 92.3 cm³/mol. The Balaban J connectivity index is 1.80. The van der Waals surface area contributed by atoms with Crippen LogP contribution in [0.4, 0.5) is 4.39 Å². The smallest absolute Gasteiger partial charge is 0.120 e. The highest BCUT2D eigenvalue weighted by Crippen LogP contribution is 2.34. The summed E-state index contributed by atoms with van der Waals surface area (Å²) in [5.41, 5.74) is 4.18. The van der Waals surface area contributed by atoms with Crippen molar-refractivity contribution in [2.75, 3.05) is 20.1 Å². The predicted octanol–water partition coefficient (Wildman–Crippen LogP) is 2.82. The van der Waals surface area contributed by atoms with E-state index in [4.69, 9.17) is 0 Å². The summed E-state index contributed by atoms with van der Waals surface area (Å²) in [6.45, 7) is 3.51. The van der Waals surface area contributed by atoms with Crippen LogP contribution in [0.3, 0.4) is 0 Å². The number of benzene rings is 1. The van der Waals surface area contributed by atoms with Crippen LogP contribution < -0.4 is 0 Å². The van der Waals surface area contributed by atoms with Gasteiger partial charge in [-0.1, -0.05) is 0 Å². The van der Waals surface area contributed by atoms with Crippen molar-refractivity contribution in [2.45, 2.75) is 25.4 Å². The van der Waals surface area contributed by atoms with Gasteiger partial charge in [-0.25, -0.2) is 9.07 Å². The number of nitrogens with zero attached hydrogens (tertiary/aromatic N) is 5. The highest BCUT2D eigenvalue weighted by atomic mass is 19.1. The lowest BCUT2D eigenvalue weighted by Crippen LogP contribution is -2.38. The Bertz CT molecular complexity index is 881. The summed E-state index contributed by atoms with van der Waals surface area (Å²) in [7, 11) is 3.87. The molecule has 0 N–H and O–H groups in total. The number of rotatable bonds is 2.